The Balaban J connectivity index is 2.31. The van der Waals surface area contributed by atoms with Crippen LogP contribution in [0.4, 0.5) is 0 Å². The summed E-state index contributed by atoms with van der Waals surface area (Å²) in [5.41, 5.74) is 1.20. The molecule has 1 aromatic heterocycles. The number of hydrogen-bond acceptors (Lipinski definition) is 2. The molecule has 1 nitrogen and oxygen atoms in total. The first-order valence-corrected chi connectivity index (χ1v) is 7.02. The Kier molecular flexibility index (Phi) is 4.46. The smallest absolute Gasteiger partial charge is 0.0931 e. The molecule has 1 aromatic carbocycles. The minimum Gasteiger partial charge on any atom is -0.306 e. The van der Waals surface area contributed by atoms with Crippen LogP contribution in [0.5, 0.6) is 0 Å². The molecule has 2 aromatic rings. The third-order valence-electron chi connectivity index (χ3n) is 2.49. The molecule has 17 heavy (non-hydrogen) atoms. The molecule has 2 rings (SSSR count). The maximum Gasteiger partial charge on any atom is 0.0931 e. The molecule has 0 saturated carbocycles. The molecule has 0 spiro atoms. The van der Waals surface area contributed by atoms with Crippen LogP contribution in [0, 0.1) is 0 Å². The molecular weight excluding hydrogens is 273 g/mol. The highest BCUT2D eigenvalue weighted by Gasteiger charge is 2.14. The van der Waals surface area contributed by atoms with Crippen LogP contribution >= 0.6 is 34.5 Å². The summed E-state index contributed by atoms with van der Waals surface area (Å²) in [5.74, 6) is 0. The van der Waals surface area contributed by atoms with Crippen molar-refractivity contribution in [2.45, 2.75) is 13.0 Å². The van der Waals surface area contributed by atoms with Crippen LogP contribution in [0.3, 0.4) is 0 Å². The molecule has 4 heteroatoms. The van der Waals surface area contributed by atoms with Crippen LogP contribution in [-0.2, 0) is 0 Å². The van der Waals surface area contributed by atoms with Gasteiger partial charge in [-0.15, -0.1) is 11.3 Å². The van der Waals surface area contributed by atoms with Crippen LogP contribution in [0.15, 0.2) is 36.4 Å². The summed E-state index contributed by atoms with van der Waals surface area (Å²) in [6.07, 6.45) is 0. The van der Waals surface area contributed by atoms with Gasteiger partial charge in [0.15, 0.2) is 0 Å². The molecule has 0 aliphatic heterocycles. The molecule has 0 fully saturated rings. The highest BCUT2D eigenvalue weighted by Crippen LogP contribution is 2.31. The van der Waals surface area contributed by atoms with Gasteiger partial charge in [0.2, 0.25) is 0 Å². The summed E-state index contributed by atoms with van der Waals surface area (Å²) in [4.78, 5) is 1.22. The second kappa shape index (κ2) is 5.87. The van der Waals surface area contributed by atoms with Crippen molar-refractivity contribution in [2.24, 2.45) is 0 Å². The summed E-state index contributed by atoms with van der Waals surface area (Å²) >= 11 is 13.5. The lowest BCUT2D eigenvalue weighted by Crippen LogP contribution is -2.20. The SMILES string of the molecule is CCNC(c1ccc(Cl)cc1)c1ccc(Cl)s1. The molecule has 0 aliphatic rings. The number of rotatable bonds is 4. The Labute approximate surface area is 115 Å². The third-order valence-corrected chi connectivity index (χ3v) is 4.04. The van der Waals surface area contributed by atoms with E-state index in [4.69, 9.17) is 23.2 Å². The molecule has 0 saturated heterocycles. The van der Waals surface area contributed by atoms with Crippen LogP contribution in [0.1, 0.15) is 23.4 Å². The van der Waals surface area contributed by atoms with Crippen molar-refractivity contribution in [3.63, 3.8) is 0 Å². The van der Waals surface area contributed by atoms with Crippen LogP contribution in [0.2, 0.25) is 9.36 Å². The van der Waals surface area contributed by atoms with E-state index >= 15 is 0 Å². The maximum atomic E-state index is 5.99. The molecule has 0 radical (unpaired) electrons. The summed E-state index contributed by atoms with van der Waals surface area (Å²) < 4.78 is 0.817. The third kappa shape index (κ3) is 3.23. The van der Waals surface area contributed by atoms with E-state index in [-0.39, 0.29) is 6.04 Å². The van der Waals surface area contributed by atoms with E-state index in [1.54, 1.807) is 11.3 Å². The van der Waals surface area contributed by atoms with Gasteiger partial charge < -0.3 is 5.32 Å². The Hall–Kier alpha value is -0.540. The van der Waals surface area contributed by atoms with E-state index in [9.17, 15) is 0 Å². The zero-order valence-corrected chi connectivity index (χ0v) is 11.7. The van der Waals surface area contributed by atoms with E-state index in [0.717, 1.165) is 15.9 Å². The molecule has 0 amide bonds. The second-order valence-electron chi connectivity index (χ2n) is 3.68. The average molecular weight is 286 g/mol. The van der Waals surface area contributed by atoms with Crippen molar-refractivity contribution < 1.29 is 0 Å². The quantitative estimate of drug-likeness (QED) is 0.855. The molecule has 1 N–H and O–H groups in total. The van der Waals surface area contributed by atoms with Gasteiger partial charge >= 0.3 is 0 Å². The Morgan fingerprint density at radius 1 is 1.12 bits per heavy atom. The van der Waals surface area contributed by atoms with Crippen molar-refractivity contribution in [2.75, 3.05) is 6.54 Å². The number of halogens is 2. The summed E-state index contributed by atoms with van der Waals surface area (Å²) in [5, 5.41) is 4.21. The minimum atomic E-state index is 0.190. The molecule has 0 aliphatic carbocycles. The standard InChI is InChI=1S/C13H13Cl2NS/c1-2-16-13(11-7-8-12(15)17-11)9-3-5-10(14)6-4-9/h3-8,13,16H,2H2,1H3. The zero-order valence-electron chi connectivity index (χ0n) is 9.41. The van der Waals surface area contributed by atoms with Crippen molar-refractivity contribution in [3.8, 4) is 0 Å². The van der Waals surface area contributed by atoms with Crippen LogP contribution < -0.4 is 5.32 Å². The van der Waals surface area contributed by atoms with Crippen LogP contribution in [0.25, 0.3) is 0 Å². The fraction of sp³-hybridized carbons (Fsp3) is 0.231. The van der Waals surface area contributed by atoms with Gasteiger partial charge in [-0.05, 0) is 36.4 Å². The van der Waals surface area contributed by atoms with Gasteiger partial charge in [-0.1, -0.05) is 42.3 Å². The topological polar surface area (TPSA) is 12.0 Å². The van der Waals surface area contributed by atoms with Crippen molar-refractivity contribution >= 4 is 34.5 Å². The van der Waals surface area contributed by atoms with Crippen molar-refractivity contribution in [3.05, 3.63) is 56.2 Å². The van der Waals surface area contributed by atoms with Gasteiger partial charge in [-0.3, -0.25) is 0 Å². The average Bonchev–Trinajstić information content (AvgIpc) is 2.74. The first-order valence-electron chi connectivity index (χ1n) is 5.44. The minimum absolute atomic E-state index is 0.190. The van der Waals surface area contributed by atoms with Gasteiger partial charge in [0, 0.05) is 9.90 Å². The predicted molar refractivity (Wildman–Crippen MR) is 76.3 cm³/mol. The Morgan fingerprint density at radius 3 is 2.35 bits per heavy atom. The largest absolute Gasteiger partial charge is 0.306 e. The van der Waals surface area contributed by atoms with E-state index in [1.165, 1.54) is 10.4 Å². The Morgan fingerprint density at radius 2 is 1.82 bits per heavy atom. The van der Waals surface area contributed by atoms with E-state index in [2.05, 4.69) is 18.3 Å². The van der Waals surface area contributed by atoms with Crippen molar-refractivity contribution in [1.82, 2.24) is 5.32 Å². The first-order chi connectivity index (χ1) is 8.20. The lowest BCUT2D eigenvalue weighted by atomic mass is 10.1. The van der Waals surface area contributed by atoms with E-state index in [1.807, 2.05) is 30.3 Å². The number of nitrogens with one attached hydrogen (secondary N) is 1. The summed E-state index contributed by atoms with van der Waals surface area (Å²) in [6.45, 7) is 3.00. The highest BCUT2D eigenvalue weighted by atomic mass is 35.5. The lowest BCUT2D eigenvalue weighted by Gasteiger charge is -2.16. The molecule has 1 unspecified atom stereocenters. The maximum absolute atomic E-state index is 5.99. The first kappa shape index (κ1) is 12.9. The predicted octanol–water partition coefficient (Wildman–Crippen LogP) is 4.75. The molecule has 1 heterocycles. The van der Waals surface area contributed by atoms with Gasteiger partial charge in [0.05, 0.1) is 10.4 Å². The van der Waals surface area contributed by atoms with Crippen LogP contribution in [-0.4, -0.2) is 6.54 Å². The molecular formula is C13H13Cl2NS. The van der Waals surface area contributed by atoms with Gasteiger partial charge in [0.25, 0.3) is 0 Å². The fourth-order valence-electron chi connectivity index (χ4n) is 1.73. The number of thiophene rings is 1. The monoisotopic (exact) mass is 285 g/mol. The van der Waals surface area contributed by atoms with Gasteiger partial charge in [-0.2, -0.15) is 0 Å². The molecule has 0 bridgehead atoms. The second-order valence-corrected chi connectivity index (χ2v) is 5.87. The number of benzene rings is 1. The Bertz CT molecular complexity index is 478. The van der Waals surface area contributed by atoms with Gasteiger partial charge in [-0.25, -0.2) is 0 Å². The van der Waals surface area contributed by atoms with E-state index < -0.39 is 0 Å². The summed E-state index contributed by atoms with van der Waals surface area (Å²) in [7, 11) is 0. The van der Waals surface area contributed by atoms with Gasteiger partial charge in [0.1, 0.15) is 0 Å². The lowest BCUT2D eigenvalue weighted by molar-refractivity contribution is 0.640. The highest BCUT2D eigenvalue weighted by molar-refractivity contribution is 7.16. The summed E-state index contributed by atoms with van der Waals surface area (Å²) in [6, 6.07) is 12.1. The van der Waals surface area contributed by atoms with E-state index in [0.29, 0.717) is 0 Å². The fourth-order valence-corrected chi connectivity index (χ4v) is 3.02. The molecule has 1 atom stereocenters. The number of hydrogen-bond donors (Lipinski definition) is 1. The molecule has 90 valence electrons. The zero-order chi connectivity index (χ0) is 12.3. The van der Waals surface area contributed by atoms with Crippen molar-refractivity contribution in [1.29, 1.82) is 0 Å². The normalized spacial score (nSPS) is 12.6.